The normalized spacial score (nSPS) is 10.4. The molecule has 16 heavy (non-hydrogen) atoms. The van der Waals surface area contributed by atoms with E-state index in [9.17, 15) is 0 Å². The Labute approximate surface area is 98.2 Å². The molecule has 0 radical (unpaired) electrons. The zero-order chi connectivity index (χ0) is 11.6. The fraction of sp³-hybridized carbons (Fsp3) is 0.538. The molecule has 90 valence electrons. The summed E-state index contributed by atoms with van der Waals surface area (Å²) in [5.74, 6) is 0. The standard InChI is InChI=1S/C13H23N3/c14-8-3-1-2-4-9-16-13-7-5-6-12(10-13)11-15/h5-7,10,16H,1-4,8-9,11,14-15H2. The number of hydrogen-bond acceptors (Lipinski definition) is 3. The van der Waals surface area contributed by atoms with Crippen LogP contribution in [0.3, 0.4) is 0 Å². The van der Waals surface area contributed by atoms with Crippen LogP contribution in [-0.4, -0.2) is 13.1 Å². The third kappa shape index (κ3) is 5.14. The highest BCUT2D eigenvalue weighted by Gasteiger charge is 1.94. The first-order valence-corrected chi connectivity index (χ1v) is 6.09. The molecule has 0 heterocycles. The molecule has 1 aromatic carbocycles. The quantitative estimate of drug-likeness (QED) is 0.589. The lowest BCUT2D eigenvalue weighted by molar-refractivity contribution is 0.661. The summed E-state index contributed by atoms with van der Waals surface area (Å²) in [4.78, 5) is 0. The molecule has 0 aliphatic rings. The van der Waals surface area contributed by atoms with E-state index in [0.717, 1.165) is 19.5 Å². The summed E-state index contributed by atoms with van der Waals surface area (Å²) in [7, 11) is 0. The summed E-state index contributed by atoms with van der Waals surface area (Å²) in [5, 5.41) is 3.41. The maximum absolute atomic E-state index is 5.59. The number of benzene rings is 1. The van der Waals surface area contributed by atoms with Gasteiger partial charge in [-0.2, -0.15) is 0 Å². The van der Waals surface area contributed by atoms with Gasteiger partial charge in [0.25, 0.3) is 0 Å². The van der Waals surface area contributed by atoms with Gasteiger partial charge in [-0.3, -0.25) is 0 Å². The van der Waals surface area contributed by atoms with Crippen molar-refractivity contribution < 1.29 is 0 Å². The molecule has 3 nitrogen and oxygen atoms in total. The molecule has 0 saturated carbocycles. The fourth-order valence-electron chi connectivity index (χ4n) is 1.66. The number of unbranched alkanes of at least 4 members (excludes halogenated alkanes) is 3. The molecule has 0 saturated heterocycles. The molecule has 1 aromatic rings. The summed E-state index contributed by atoms with van der Waals surface area (Å²) >= 11 is 0. The summed E-state index contributed by atoms with van der Waals surface area (Å²) in [6, 6.07) is 8.28. The van der Waals surface area contributed by atoms with Gasteiger partial charge in [-0.05, 0) is 37.1 Å². The first kappa shape index (κ1) is 13.0. The number of nitrogens with one attached hydrogen (secondary N) is 1. The van der Waals surface area contributed by atoms with E-state index in [-0.39, 0.29) is 0 Å². The Morgan fingerprint density at radius 3 is 2.56 bits per heavy atom. The number of rotatable bonds is 8. The van der Waals surface area contributed by atoms with Crippen LogP contribution in [0.2, 0.25) is 0 Å². The molecule has 0 spiro atoms. The first-order chi connectivity index (χ1) is 7.86. The van der Waals surface area contributed by atoms with Crippen LogP contribution in [0.4, 0.5) is 5.69 Å². The van der Waals surface area contributed by atoms with E-state index in [4.69, 9.17) is 11.5 Å². The highest BCUT2D eigenvalue weighted by atomic mass is 14.9. The molecule has 3 heteroatoms. The van der Waals surface area contributed by atoms with Crippen LogP contribution in [-0.2, 0) is 6.54 Å². The zero-order valence-electron chi connectivity index (χ0n) is 9.91. The van der Waals surface area contributed by atoms with Gasteiger partial charge in [-0.1, -0.05) is 25.0 Å². The Morgan fingerprint density at radius 2 is 1.81 bits per heavy atom. The maximum Gasteiger partial charge on any atom is 0.0343 e. The van der Waals surface area contributed by atoms with Crippen LogP contribution in [0.1, 0.15) is 31.2 Å². The second-order valence-electron chi connectivity index (χ2n) is 4.03. The van der Waals surface area contributed by atoms with Crippen molar-refractivity contribution in [2.45, 2.75) is 32.2 Å². The zero-order valence-corrected chi connectivity index (χ0v) is 9.91. The van der Waals surface area contributed by atoms with Gasteiger partial charge < -0.3 is 16.8 Å². The lowest BCUT2D eigenvalue weighted by atomic mass is 10.2. The molecule has 0 aliphatic carbocycles. The van der Waals surface area contributed by atoms with Gasteiger partial charge in [0.1, 0.15) is 0 Å². The van der Waals surface area contributed by atoms with E-state index in [1.165, 1.54) is 30.5 Å². The van der Waals surface area contributed by atoms with Gasteiger partial charge in [-0.25, -0.2) is 0 Å². The summed E-state index contributed by atoms with van der Waals surface area (Å²) < 4.78 is 0. The fourth-order valence-corrected chi connectivity index (χ4v) is 1.66. The molecule has 1 rings (SSSR count). The Bertz CT molecular complexity index is 286. The maximum atomic E-state index is 5.59. The van der Waals surface area contributed by atoms with Gasteiger partial charge in [0.2, 0.25) is 0 Å². The van der Waals surface area contributed by atoms with Crippen molar-refractivity contribution >= 4 is 5.69 Å². The predicted octanol–water partition coefficient (Wildman–Crippen LogP) is 2.08. The molecule has 0 atom stereocenters. The second-order valence-corrected chi connectivity index (χ2v) is 4.03. The first-order valence-electron chi connectivity index (χ1n) is 6.09. The third-order valence-corrected chi connectivity index (χ3v) is 2.62. The predicted molar refractivity (Wildman–Crippen MR) is 70.3 cm³/mol. The molecule has 0 fully saturated rings. The van der Waals surface area contributed by atoms with Crippen molar-refractivity contribution in [3.63, 3.8) is 0 Å². The van der Waals surface area contributed by atoms with E-state index >= 15 is 0 Å². The minimum absolute atomic E-state index is 0.603. The Hall–Kier alpha value is -1.06. The Balaban J connectivity index is 2.16. The summed E-state index contributed by atoms with van der Waals surface area (Å²) in [5.41, 5.74) is 13.4. The Kier molecular flexibility index (Phi) is 6.61. The molecular weight excluding hydrogens is 198 g/mol. The Morgan fingerprint density at radius 1 is 1.00 bits per heavy atom. The number of nitrogens with two attached hydrogens (primary N) is 2. The van der Waals surface area contributed by atoms with Gasteiger partial charge >= 0.3 is 0 Å². The highest BCUT2D eigenvalue weighted by molar-refractivity contribution is 5.45. The van der Waals surface area contributed by atoms with Crippen molar-refractivity contribution in [2.24, 2.45) is 11.5 Å². The van der Waals surface area contributed by atoms with E-state index in [2.05, 4.69) is 17.4 Å². The molecule has 0 unspecified atom stereocenters. The van der Waals surface area contributed by atoms with Crippen LogP contribution in [0, 0.1) is 0 Å². The summed E-state index contributed by atoms with van der Waals surface area (Å²) in [6.07, 6.45) is 4.83. The minimum atomic E-state index is 0.603. The van der Waals surface area contributed by atoms with E-state index in [1.807, 2.05) is 12.1 Å². The van der Waals surface area contributed by atoms with Gasteiger partial charge in [-0.15, -0.1) is 0 Å². The van der Waals surface area contributed by atoms with Gasteiger partial charge in [0, 0.05) is 18.8 Å². The van der Waals surface area contributed by atoms with Crippen LogP contribution in [0.15, 0.2) is 24.3 Å². The average molecular weight is 221 g/mol. The molecule has 5 N–H and O–H groups in total. The monoisotopic (exact) mass is 221 g/mol. The average Bonchev–Trinajstić information content (AvgIpc) is 2.34. The molecule has 0 aromatic heterocycles. The van der Waals surface area contributed by atoms with E-state index in [0.29, 0.717) is 6.54 Å². The SMILES string of the molecule is NCCCCCCNc1cccc(CN)c1. The van der Waals surface area contributed by atoms with E-state index in [1.54, 1.807) is 0 Å². The number of anilines is 1. The molecule has 0 amide bonds. The van der Waals surface area contributed by atoms with Crippen LogP contribution < -0.4 is 16.8 Å². The van der Waals surface area contributed by atoms with Crippen LogP contribution in [0.25, 0.3) is 0 Å². The van der Waals surface area contributed by atoms with E-state index < -0.39 is 0 Å². The second kappa shape index (κ2) is 8.13. The van der Waals surface area contributed by atoms with Crippen molar-refractivity contribution in [2.75, 3.05) is 18.4 Å². The third-order valence-electron chi connectivity index (χ3n) is 2.62. The lowest BCUT2D eigenvalue weighted by Gasteiger charge is -2.07. The van der Waals surface area contributed by atoms with Crippen LogP contribution >= 0.6 is 0 Å². The number of hydrogen-bond donors (Lipinski definition) is 3. The van der Waals surface area contributed by atoms with Gasteiger partial charge in [0.05, 0.1) is 0 Å². The molecular formula is C13H23N3. The molecule has 0 bridgehead atoms. The van der Waals surface area contributed by atoms with Crippen molar-refractivity contribution in [1.29, 1.82) is 0 Å². The van der Waals surface area contributed by atoms with Crippen LogP contribution in [0.5, 0.6) is 0 Å². The smallest absolute Gasteiger partial charge is 0.0343 e. The lowest BCUT2D eigenvalue weighted by Crippen LogP contribution is -2.04. The largest absolute Gasteiger partial charge is 0.385 e. The van der Waals surface area contributed by atoms with Crippen molar-refractivity contribution in [1.82, 2.24) is 0 Å². The topological polar surface area (TPSA) is 64.1 Å². The van der Waals surface area contributed by atoms with Crippen molar-refractivity contribution in [3.8, 4) is 0 Å². The van der Waals surface area contributed by atoms with Crippen molar-refractivity contribution in [3.05, 3.63) is 29.8 Å². The minimum Gasteiger partial charge on any atom is -0.385 e. The molecule has 0 aliphatic heterocycles. The summed E-state index contributed by atoms with van der Waals surface area (Å²) in [6.45, 7) is 2.44. The van der Waals surface area contributed by atoms with Gasteiger partial charge in [0.15, 0.2) is 0 Å². The highest BCUT2D eigenvalue weighted by Crippen LogP contribution is 2.10.